The summed E-state index contributed by atoms with van der Waals surface area (Å²) in [6.07, 6.45) is 0.322. The van der Waals surface area contributed by atoms with E-state index in [1.165, 1.54) is 7.11 Å². The van der Waals surface area contributed by atoms with Crippen LogP contribution in [-0.4, -0.2) is 38.7 Å². The molecule has 1 amide bonds. The van der Waals surface area contributed by atoms with Gasteiger partial charge in [0.1, 0.15) is 11.8 Å². The molecule has 2 rings (SSSR count). The van der Waals surface area contributed by atoms with Gasteiger partial charge in [-0.1, -0.05) is 42.5 Å². The van der Waals surface area contributed by atoms with Gasteiger partial charge in [0.25, 0.3) is 0 Å². The standard InChI is InChI=1S/C21H25IN2O4/c1-14(15-8-5-4-6-9-15)23-13-19(25)24-17(21(26)28-3)12-16-10-7-11-18(27-2)20(16)22/h4-11,14,17,23H,12-13H2,1-3H3,(H,24,25). The molecule has 0 heterocycles. The number of benzene rings is 2. The van der Waals surface area contributed by atoms with Gasteiger partial charge in [0.2, 0.25) is 5.91 Å². The van der Waals surface area contributed by atoms with Crippen molar-refractivity contribution in [3.05, 3.63) is 63.2 Å². The summed E-state index contributed by atoms with van der Waals surface area (Å²) in [6, 6.07) is 14.7. The van der Waals surface area contributed by atoms with Crippen LogP contribution in [0.15, 0.2) is 48.5 Å². The summed E-state index contributed by atoms with van der Waals surface area (Å²) in [5.74, 6) is -0.0226. The highest BCUT2D eigenvalue weighted by Gasteiger charge is 2.23. The monoisotopic (exact) mass is 496 g/mol. The minimum absolute atomic E-state index is 0.0165. The zero-order chi connectivity index (χ0) is 20.5. The molecule has 2 aromatic carbocycles. The van der Waals surface area contributed by atoms with E-state index in [1.54, 1.807) is 7.11 Å². The van der Waals surface area contributed by atoms with Crippen molar-refractivity contribution in [2.24, 2.45) is 0 Å². The molecule has 2 aromatic rings. The van der Waals surface area contributed by atoms with Gasteiger partial charge in [-0.2, -0.15) is 0 Å². The van der Waals surface area contributed by atoms with Crippen molar-refractivity contribution >= 4 is 34.5 Å². The lowest BCUT2D eigenvalue weighted by atomic mass is 10.1. The van der Waals surface area contributed by atoms with Gasteiger partial charge in [0.05, 0.1) is 24.3 Å². The fourth-order valence-electron chi connectivity index (χ4n) is 2.78. The summed E-state index contributed by atoms with van der Waals surface area (Å²) < 4.78 is 11.1. The quantitative estimate of drug-likeness (QED) is 0.413. The molecule has 0 aliphatic carbocycles. The lowest BCUT2D eigenvalue weighted by Crippen LogP contribution is -2.46. The van der Waals surface area contributed by atoms with Gasteiger partial charge < -0.3 is 20.1 Å². The zero-order valence-corrected chi connectivity index (χ0v) is 18.4. The van der Waals surface area contributed by atoms with Crippen LogP contribution in [0.5, 0.6) is 5.75 Å². The van der Waals surface area contributed by atoms with Gasteiger partial charge in [0.15, 0.2) is 0 Å². The van der Waals surface area contributed by atoms with E-state index < -0.39 is 12.0 Å². The molecule has 0 aliphatic heterocycles. The maximum Gasteiger partial charge on any atom is 0.328 e. The number of rotatable bonds is 9. The molecule has 0 saturated heterocycles. The van der Waals surface area contributed by atoms with E-state index in [0.29, 0.717) is 6.42 Å². The topological polar surface area (TPSA) is 76.7 Å². The molecule has 0 radical (unpaired) electrons. The fraction of sp³-hybridized carbons (Fsp3) is 0.333. The summed E-state index contributed by atoms with van der Waals surface area (Å²) in [7, 11) is 2.91. The average Bonchev–Trinajstić information content (AvgIpc) is 2.72. The van der Waals surface area contributed by atoms with E-state index in [-0.39, 0.29) is 18.5 Å². The minimum Gasteiger partial charge on any atom is -0.496 e. The Morgan fingerprint density at radius 3 is 2.43 bits per heavy atom. The normalized spacial score (nSPS) is 12.7. The molecule has 0 saturated carbocycles. The fourth-order valence-corrected chi connectivity index (χ4v) is 3.58. The first-order valence-electron chi connectivity index (χ1n) is 8.93. The third-order valence-electron chi connectivity index (χ3n) is 4.38. The van der Waals surface area contributed by atoms with Gasteiger partial charge in [0, 0.05) is 12.5 Å². The van der Waals surface area contributed by atoms with E-state index in [0.717, 1.165) is 20.4 Å². The number of carbonyl (C=O) groups excluding carboxylic acids is 2. The Morgan fingerprint density at radius 1 is 1.07 bits per heavy atom. The summed E-state index contributed by atoms with van der Waals surface area (Å²) in [5.41, 5.74) is 1.99. The third-order valence-corrected chi connectivity index (χ3v) is 5.60. The van der Waals surface area contributed by atoms with E-state index in [9.17, 15) is 9.59 Å². The van der Waals surface area contributed by atoms with Crippen LogP contribution < -0.4 is 15.4 Å². The lowest BCUT2D eigenvalue weighted by molar-refractivity contribution is -0.145. The van der Waals surface area contributed by atoms with Crippen LogP contribution in [0.1, 0.15) is 24.1 Å². The predicted molar refractivity (Wildman–Crippen MR) is 116 cm³/mol. The third kappa shape index (κ3) is 6.20. The number of halogens is 1. The molecule has 0 bridgehead atoms. The first-order chi connectivity index (χ1) is 13.5. The van der Waals surface area contributed by atoms with Crippen molar-refractivity contribution in [2.75, 3.05) is 20.8 Å². The molecule has 6 nitrogen and oxygen atoms in total. The maximum atomic E-state index is 12.4. The van der Waals surface area contributed by atoms with Crippen LogP contribution in [0, 0.1) is 3.57 Å². The van der Waals surface area contributed by atoms with Crippen molar-refractivity contribution in [1.29, 1.82) is 0 Å². The Labute approximate surface area is 179 Å². The van der Waals surface area contributed by atoms with Gasteiger partial charge >= 0.3 is 5.97 Å². The molecular formula is C21H25IN2O4. The minimum atomic E-state index is -0.771. The molecule has 2 unspecified atom stereocenters. The second kappa shape index (κ2) is 11.0. The van der Waals surface area contributed by atoms with E-state index in [4.69, 9.17) is 9.47 Å². The molecule has 0 aromatic heterocycles. The number of methoxy groups -OCH3 is 2. The molecule has 0 fully saturated rings. The van der Waals surface area contributed by atoms with Crippen LogP contribution >= 0.6 is 22.6 Å². The number of carbonyl (C=O) groups is 2. The first-order valence-corrected chi connectivity index (χ1v) is 10.0. The van der Waals surface area contributed by atoms with Crippen LogP contribution in [0.25, 0.3) is 0 Å². The van der Waals surface area contributed by atoms with Crippen LogP contribution in [0.2, 0.25) is 0 Å². The van der Waals surface area contributed by atoms with Crippen LogP contribution in [0.4, 0.5) is 0 Å². The van der Waals surface area contributed by atoms with Crippen LogP contribution in [-0.2, 0) is 20.7 Å². The largest absolute Gasteiger partial charge is 0.496 e. The number of esters is 1. The lowest BCUT2D eigenvalue weighted by Gasteiger charge is -2.19. The second-order valence-corrected chi connectivity index (χ2v) is 7.37. The Balaban J connectivity index is 2.00. The van der Waals surface area contributed by atoms with Crippen molar-refractivity contribution in [2.45, 2.75) is 25.4 Å². The van der Waals surface area contributed by atoms with E-state index >= 15 is 0 Å². The predicted octanol–water partition coefficient (Wildman–Crippen LogP) is 2.85. The highest BCUT2D eigenvalue weighted by molar-refractivity contribution is 14.1. The Bertz CT molecular complexity index is 798. The average molecular weight is 496 g/mol. The van der Waals surface area contributed by atoms with Crippen LogP contribution in [0.3, 0.4) is 0 Å². The summed E-state index contributed by atoms with van der Waals surface area (Å²) in [6.45, 7) is 2.08. The number of nitrogens with one attached hydrogen (secondary N) is 2. The highest BCUT2D eigenvalue weighted by atomic mass is 127. The smallest absolute Gasteiger partial charge is 0.328 e. The molecular weight excluding hydrogens is 471 g/mol. The second-order valence-electron chi connectivity index (χ2n) is 6.29. The molecule has 0 aliphatic rings. The Kier molecular flexibility index (Phi) is 8.72. The maximum absolute atomic E-state index is 12.4. The van der Waals surface area contributed by atoms with Crippen molar-refractivity contribution in [3.63, 3.8) is 0 Å². The molecule has 7 heteroatoms. The molecule has 0 spiro atoms. The van der Waals surface area contributed by atoms with Gasteiger partial charge in [-0.05, 0) is 46.7 Å². The van der Waals surface area contributed by atoms with Crippen molar-refractivity contribution in [1.82, 2.24) is 10.6 Å². The first kappa shape index (κ1) is 22.2. The highest BCUT2D eigenvalue weighted by Crippen LogP contribution is 2.25. The van der Waals surface area contributed by atoms with E-state index in [1.807, 2.05) is 55.5 Å². The number of hydrogen-bond donors (Lipinski definition) is 2. The van der Waals surface area contributed by atoms with Crippen molar-refractivity contribution < 1.29 is 19.1 Å². The summed E-state index contributed by atoms with van der Waals surface area (Å²) >= 11 is 2.17. The van der Waals surface area contributed by atoms with Crippen molar-refractivity contribution in [3.8, 4) is 5.75 Å². The Morgan fingerprint density at radius 2 is 1.79 bits per heavy atom. The SMILES string of the molecule is COC(=O)C(Cc1cccc(OC)c1I)NC(=O)CNC(C)c1ccccc1. The van der Waals surface area contributed by atoms with Gasteiger partial charge in [-0.15, -0.1) is 0 Å². The molecule has 28 heavy (non-hydrogen) atoms. The molecule has 2 atom stereocenters. The Hall–Kier alpha value is -2.13. The summed E-state index contributed by atoms with van der Waals surface area (Å²) in [5, 5.41) is 5.94. The van der Waals surface area contributed by atoms with E-state index in [2.05, 4.69) is 33.2 Å². The van der Waals surface area contributed by atoms with Gasteiger partial charge in [-0.3, -0.25) is 4.79 Å². The zero-order valence-electron chi connectivity index (χ0n) is 16.2. The van der Waals surface area contributed by atoms with Gasteiger partial charge in [-0.25, -0.2) is 4.79 Å². The number of ether oxygens (including phenoxy) is 2. The summed E-state index contributed by atoms with van der Waals surface area (Å²) in [4.78, 5) is 24.6. The number of hydrogen-bond acceptors (Lipinski definition) is 5. The molecule has 150 valence electrons. The molecule has 2 N–H and O–H groups in total. The number of amides is 1.